The molecule has 0 saturated heterocycles. The van der Waals surface area contributed by atoms with Crippen LogP contribution >= 0.6 is 0 Å². The van der Waals surface area contributed by atoms with Crippen molar-refractivity contribution in [1.29, 1.82) is 0 Å². The number of nitrogens with one attached hydrogen (secondary N) is 1. The third kappa shape index (κ3) is 8.85. The van der Waals surface area contributed by atoms with E-state index in [4.69, 9.17) is 5.73 Å². The Morgan fingerprint density at radius 1 is 1.83 bits per heavy atom. The van der Waals surface area contributed by atoms with Crippen molar-refractivity contribution in [2.45, 2.75) is 0 Å². The summed E-state index contributed by atoms with van der Waals surface area (Å²) in [6, 6.07) is 0. The van der Waals surface area contributed by atoms with E-state index in [1.165, 1.54) is 0 Å². The number of hydrogen-bond donors (Lipinski definition) is 0. The van der Waals surface area contributed by atoms with Gasteiger partial charge >= 0.3 is 0 Å². The monoisotopic (exact) mass is 312 g/mol. The fraction of sp³-hybridized carbons (Fsp3) is 0.500. The van der Waals surface area contributed by atoms with E-state index in [1.54, 1.807) is 0 Å². The Morgan fingerprint density at radius 3 is 2.00 bits per heavy atom. The van der Waals surface area contributed by atoms with E-state index < -0.39 is 6.09 Å². The Kier molecular flexibility index (Phi) is 8.50. The summed E-state index contributed by atoms with van der Waals surface area (Å²) in [6.45, 7) is 0. The van der Waals surface area contributed by atoms with Crippen LogP contribution in [0, 0.1) is 31.1 Å². The third-order valence-electron chi connectivity index (χ3n) is 0.185. The van der Waals surface area contributed by atoms with E-state index in [-0.39, 0.29) is 31.1 Å². The van der Waals surface area contributed by atoms with Gasteiger partial charge in [0, 0.05) is 31.1 Å². The van der Waals surface area contributed by atoms with Gasteiger partial charge in [-0.3, -0.25) is 4.79 Å². The number of hydrogen-bond acceptors (Lipinski definition) is 2. The normalized spacial score (nSPS) is 5.50. The van der Waals surface area contributed by atoms with Crippen LogP contribution in [0.2, 0.25) is 0 Å². The van der Waals surface area contributed by atoms with E-state index in [0.29, 0.717) is 0 Å². The maximum absolute atomic E-state index is 9.26. The SMILES string of the molecule is COC([NH-])=O.[U]. The molecular weight excluding hydrogens is 308 g/mol. The van der Waals surface area contributed by atoms with Crippen molar-refractivity contribution in [3.63, 3.8) is 0 Å². The largest absolute Gasteiger partial charge is 0.632 e. The van der Waals surface area contributed by atoms with Crippen LogP contribution in [0.1, 0.15) is 0 Å². The van der Waals surface area contributed by atoms with Gasteiger partial charge in [-0.2, -0.15) is 0 Å². The second-order valence-corrected chi connectivity index (χ2v) is 0.492. The third-order valence-corrected chi connectivity index (χ3v) is 0.185. The molecule has 0 aromatic rings. The standard InChI is InChI=1S/C2H5NO2.U/c1-5-2(3)4;/h1H3,(H2,3,4);/p-1. The number of rotatable bonds is 0. The van der Waals surface area contributed by atoms with Gasteiger partial charge in [0.15, 0.2) is 0 Å². The van der Waals surface area contributed by atoms with Crippen LogP contribution in [0.3, 0.4) is 0 Å². The van der Waals surface area contributed by atoms with Gasteiger partial charge in [0.05, 0.1) is 7.11 Å². The van der Waals surface area contributed by atoms with Crippen molar-refractivity contribution < 1.29 is 40.6 Å². The van der Waals surface area contributed by atoms with E-state index in [0.717, 1.165) is 7.11 Å². The van der Waals surface area contributed by atoms with Gasteiger partial charge in [-0.15, -0.1) is 0 Å². The molecule has 3 nitrogen and oxygen atoms in total. The summed E-state index contributed by atoms with van der Waals surface area (Å²) in [5.41, 5.74) is 5.97. The first-order chi connectivity index (χ1) is 2.27. The number of carbonyl (C=O) groups excluding carboxylic acids is 1. The summed E-state index contributed by atoms with van der Waals surface area (Å²) in [6.07, 6.45) is -0.995. The van der Waals surface area contributed by atoms with Gasteiger partial charge in [-0.25, -0.2) is 0 Å². The second kappa shape index (κ2) is 5.32. The minimum absolute atomic E-state index is 0. The summed E-state index contributed by atoms with van der Waals surface area (Å²) >= 11 is 0. The van der Waals surface area contributed by atoms with E-state index >= 15 is 0 Å². The van der Waals surface area contributed by atoms with Gasteiger partial charge in [0.2, 0.25) is 6.09 Å². The van der Waals surface area contributed by atoms with Gasteiger partial charge in [-0.05, 0) is 0 Å². The minimum atomic E-state index is -0.995. The van der Waals surface area contributed by atoms with Crippen molar-refractivity contribution in [1.82, 2.24) is 0 Å². The first-order valence-electron chi connectivity index (χ1n) is 1.07. The molecule has 1 amide bonds. The van der Waals surface area contributed by atoms with Crippen molar-refractivity contribution in [2.24, 2.45) is 0 Å². The first kappa shape index (κ1) is 9.59. The van der Waals surface area contributed by atoms with Crippen LogP contribution in [0.25, 0.3) is 5.73 Å². The minimum Gasteiger partial charge on any atom is -0.632 e. The summed E-state index contributed by atoms with van der Waals surface area (Å²) in [4.78, 5) is 9.26. The van der Waals surface area contributed by atoms with Gasteiger partial charge in [-0.1, -0.05) is 0 Å². The zero-order valence-electron chi connectivity index (χ0n) is 3.32. The molecule has 1 N–H and O–H groups in total. The first-order valence-corrected chi connectivity index (χ1v) is 1.07. The fourth-order valence-electron chi connectivity index (χ4n) is 0. The molecular formula is C2H4NO2U-. The van der Waals surface area contributed by atoms with Crippen molar-refractivity contribution in [3.05, 3.63) is 5.73 Å². The molecule has 0 fully saturated rings. The summed E-state index contributed by atoms with van der Waals surface area (Å²) < 4.78 is 3.78. The van der Waals surface area contributed by atoms with Crippen LogP contribution < -0.4 is 0 Å². The molecule has 34 valence electrons. The summed E-state index contributed by atoms with van der Waals surface area (Å²) in [7, 11) is 1.16. The zero-order valence-corrected chi connectivity index (χ0v) is 7.48. The molecule has 0 aromatic heterocycles. The molecule has 0 heterocycles. The Labute approximate surface area is 59.6 Å². The Morgan fingerprint density at radius 2 is 2.00 bits per heavy atom. The predicted molar refractivity (Wildman–Crippen MR) is 16.7 cm³/mol. The van der Waals surface area contributed by atoms with E-state index in [2.05, 4.69) is 4.74 Å². The van der Waals surface area contributed by atoms with Crippen molar-refractivity contribution in [2.75, 3.05) is 7.11 Å². The molecule has 4 heteroatoms. The molecule has 0 saturated carbocycles. The van der Waals surface area contributed by atoms with E-state index in [9.17, 15) is 4.79 Å². The quantitative estimate of drug-likeness (QED) is 0.664. The van der Waals surface area contributed by atoms with Crippen molar-refractivity contribution in [3.8, 4) is 0 Å². The molecule has 0 radical (unpaired) electrons. The molecule has 0 atom stereocenters. The number of methoxy groups -OCH3 is 1. The summed E-state index contributed by atoms with van der Waals surface area (Å²) in [5.74, 6) is 0. The Balaban J connectivity index is 0. The smallest absolute Gasteiger partial charge is 0.226 e. The molecule has 0 bridgehead atoms. The van der Waals surface area contributed by atoms with Gasteiger partial charge < -0.3 is 10.5 Å². The van der Waals surface area contributed by atoms with Crippen LogP contribution in [-0.4, -0.2) is 13.2 Å². The molecule has 0 rings (SSSR count). The molecule has 0 aliphatic rings. The molecule has 0 aliphatic carbocycles. The maximum atomic E-state index is 9.26. The molecule has 0 aromatic carbocycles. The number of amides is 1. The molecule has 0 unspecified atom stereocenters. The summed E-state index contributed by atoms with van der Waals surface area (Å²) in [5, 5.41) is 0. The Bertz CT molecular complexity index is 46.8. The molecule has 0 aliphatic heterocycles. The number of ether oxygens (including phenoxy) is 1. The average molecular weight is 312 g/mol. The number of carbonyl (C=O) groups is 1. The van der Waals surface area contributed by atoms with Gasteiger partial charge in [0.1, 0.15) is 0 Å². The Hall–Kier alpha value is 0.322. The van der Waals surface area contributed by atoms with Crippen LogP contribution in [-0.2, 0) is 4.74 Å². The van der Waals surface area contributed by atoms with Crippen LogP contribution in [0.5, 0.6) is 0 Å². The average Bonchev–Trinajstić information content (AvgIpc) is 1.38. The maximum Gasteiger partial charge on any atom is 0.226 e. The molecule has 0 spiro atoms. The van der Waals surface area contributed by atoms with Crippen LogP contribution in [0.15, 0.2) is 0 Å². The topological polar surface area (TPSA) is 50.1 Å². The van der Waals surface area contributed by atoms with Crippen molar-refractivity contribution >= 4 is 6.09 Å². The predicted octanol–water partition coefficient (Wildman–Crippen LogP) is 0.805. The zero-order chi connectivity index (χ0) is 4.28. The molecule has 6 heavy (non-hydrogen) atoms. The van der Waals surface area contributed by atoms with Crippen LogP contribution in [0.4, 0.5) is 4.79 Å². The second-order valence-electron chi connectivity index (χ2n) is 0.492. The van der Waals surface area contributed by atoms with Gasteiger partial charge in [0.25, 0.3) is 0 Å². The van der Waals surface area contributed by atoms with E-state index in [1.807, 2.05) is 0 Å². The fourth-order valence-corrected chi connectivity index (χ4v) is 0.